The number of carbonyl (C=O) groups is 1. The molecule has 0 bridgehead atoms. The predicted molar refractivity (Wildman–Crippen MR) is 121 cm³/mol. The van der Waals surface area contributed by atoms with Gasteiger partial charge in [0.15, 0.2) is 0 Å². The van der Waals surface area contributed by atoms with Crippen LogP contribution in [0.5, 0.6) is 5.75 Å². The van der Waals surface area contributed by atoms with Gasteiger partial charge < -0.3 is 19.5 Å². The van der Waals surface area contributed by atoms with Gasteiger partial charge in [0.1, 0.15) is 12.4 Å². The van der Waals surface area contributed by atoms with Crippen LogP contribution < -0.4 is 10.1 Å². The first-order valence-electron chi connectivity index (χ1n) is 10.5. The van der Waals surface area contributed by atoms with Crippen molar-refractivity contribution in [3.05, 3.63) is 101 Å². The second-order valence-electron chi connectivity index (χ2n) is 7.05. The quantitative estimate of drug-likeness (QED) is 0.431. The third-order valence-corrected chi connectivity index (χ3v) is 4.63. The summed E-state index contributed by atoms with van der Waals surface area (Å²) < 4.78 is 16.7. The molecule has 0 aromatic heterocycles. The molecule has 162 valence electrons. The molecule has 3 aromatic rings. The van der Waals surface area contributed by atoms with Gasteiger partial charge in [-0.2, -0.15) is 0 Å². The molecule has 0 radical (unpaired) electrons. The van der Waals surface area contributed by atoms with Crippen LogP contribution in [0.3, 0.4) is 0 Å². The third kappa shape index (κ3) is 7.89. The highest BCUT2D eigenvalue weighted by Gasteiger charge is 2.07. The molecule has 0 unspecified atom stereocenters. The summed E-state index contributed by atoms with van der Waals surface area (Å²) in [5.74, 6) is 0.534. The number of rotatable bonds is 12. The van der Waals surface area contributed by atoms with Crippen LogP contribution in [-0.4, -0.2) is 25.7 Å². The zero-order chi connectivity index (χ0) is 21.7. The maximum absolute atomic E-state index is 12.6. The first-order valence-corrected chi connectivity index (χ1v) is 10.5. The molecule has 0 heterocycles. The Morgan fingerprint density at radius 1 is 0.774 bits per heavy atom. The normalized spacial score (nSPS) is 10.6. The molecule has 31 heavy (non-hydrogen) atoms. The van der Waals surface area contributed by atoms with Crippen LogP contribution in [0.2, 0.25) is 0 Å². The number of benzene rings is 3. The maximum atomic E-state index is 12.6. The molecule has 5 heteroatoms. The number of hydrogen-bond donors (Lipinski definition) is 1. The molecule has 0 aliphatic rings. The zero-order valence-electron chi connectivity index (χ0n) is 17.9. The highest BCUT2D eigenvalue weighted by molar-refractivity contribution is 5.94. The van der Waals surface area contributed by atoms with E-state index in [0.717, 1.165) is 16.7 Å². The van der Waals surface area contributed by atoms with Gasteiger partial charge in [-0.3, -0.25) is 4.79 Å². The van der Waals surface area contributed by atoms with Crippen molar-refractivity contribution in [1.29, 1.82) is 0 Å². The summed E-state index contributed by atoms with van der Waals surface area (Å²) in [4.78, 5) is 12.6. The molecule has 0 spiro atoms. The van der Waals surface area contributed by atoms with E-state index in [2.05, 4.69) is 5.32 Å². The Morgan fingerprint density at radius 3 is 2.35 bits per heavy atom. The minimum absolute atomic E-state index is 0.136. The average Bonchev–Trinajstić information content (AvgIpc) is 2.82. The average molecular weight is 420 g/mol. The van der Waals surface area contributed by atoms with E-state index in [9.17, 15) is 4.79 Å². The van der Waals surface area contributed by atoms with Crippen molar-refractivity contribution >= 4 is 5.91 Å². The lowest BCUT2D eigenvalue weighted by Crippen LogP contribution is -2.22. The molecular formula is C26H29NO4. The fourth-order valence-electron chi connectivity index (χ4n) is 3.03. The van der Waals surface area contributed by atoms with Gasteiger partial charge in [-0.25, -0.2) is 0 Å². The Labute approximate surface area is 184 Å². The minimum atomic E-state index is -0.136. The molecule has 0 saturated heterocycles. The van der Waals surface area contributed by atoms with Crippen LogP contribution in [-0.2, 0) is 29.2 Å². The number of amides is 1. The van der Waals surface area contributed by atoms with Crippen LogP contribution in [0.1, 0.15) is 34.0 Å². The molecule has 0 aliphatic carbocycles. The van der Waals surface area contributed by atoms with Crippen molar-refractivity contribution in [3.63, 3.8) is 0 Å². The van der Waals surface area contributed by atoms with Gasteiger partial charge in [-0.15, -0.1) is 0 Å². The monoisotopic (exact) mass is 419 g/mol. The summed E-state index contributed by atoms with van der Waals surface area (Å²) in [6.07, 6.45) is 0. The Morgan fingerprint density at radius 2 is 1.52 bits per heavy atom. The fourth-order valence-corrected chi connectivity index (χ4v) is 3.03. The van der Waals surface area contributed by atoms with Crippen LogP contribution in [0.25, 0.3) is 0 Å². The van der Waals surface area contributed by atoms with Crippen molar-refractivity contribution in [3.8, 4) is 5.75 Å². The van der Waals surface area contributed by atoms with E-state index in [0.29, 0.717) is 50.9 Å². The molecule has 0 saturated carbocycles. The molecule has 3 rings (SSSR count). The van der Waals surface area contributed by atoms with Gasteiger partial charge in [0, 0.05) is 18.7 Å². The third-order valence-electron chi connectivity index (χ3n) is 4.63. The zero-order valence-corrected chi connectivity index (χ0v) is 17.9. The summed E-state index contributed by atoms with van der Waals surface area (Å²) in [5, 5.41) is 2.97. The number of hydrogen-bond acceptors (Lipinski definition) is 4. The van der Waals surface area contributed by atoms with Crippen LogP contribution in [0.15, 0.2) is 78.9 Å². The Hall–Kier alpha value is -3.15. The fraction of sp³-hybridized carbons (Fsp3) is 0.269. The Bertz CT molecular complexity index is 943. The van der Waals surface area contributed by atoms with Crippen LogP contribution in [0.4, 0.5) is 0 Å². The van der Waals surface area contributed by atoms with Gasteiger partial charge >= 0.3 is 0 Å². The molecule has 1 amide bonds. The highest BCUT2D eigenvalue weighted by atomic mass is 16.5. The molecule has 3 aromatic carbocycles. The van der Waals surface area contributed by atoms with Crippen molar-refractivity contribution < 1.29 is 19.0 Å². The minimum Gasteiger partial charge on any atom is -0.489 e. The molecule has 0 fully saturated rings. The number of nitrogens with one attached hydrogen (secondary N) is 1. The van der Waals surface area contributed by atoms with Crippen molar-refractivity contribution in [2.24, 2.45) is 0 Å². The summed E-state index contributed by atoms with van der Waals surface area (Å²) in [5.41, 5.74) is 3.75. The van der Waals surface area contributed by atoms with Gasteiger partial charge in [-0.1, -0.05) is 60.7 Å². The Kier molecular flexibility index (Phi) is 9.10. The topological polar surface area (TPSA) is 56.8 Å². The number of ether oxygens (including phenoxy) is 3. The van der Waals surface area contributed by atoms with E-state index in [1.165, 1.54) is 0 Å². The van der Waals surface area contributed by atoms with Crippen molar-refractivity contribution in [2.45, 2.75) is 26.7 Å². The van der Waals surface area contributed by atoms with E-state index >= 15 is 0 Å². The first-order chi connectivity index (χ1) is 15.2. The summed E-state index contributed by atoms with van der Waals surface area (Å²) >= 11 is 0. The molecule has 0 aliphatic heterocycles. The first kappa shape index (κ1) is 22.5. The Balaban J connectivity index is 1.48. The van der Waals surface area contributed by atoms with Crippen molar-refractivity contribution in [1.82, 2.24) is 5.32 Å². The largest absolute Gasteiger partial charge is 0.489 e. The second-order valence-corrected chi connectivity index (χ2v) is 7.05. The summed E-state index contributed by atoms with van der Waals surface area (Å²) in [7, 11) is 0. The van der Waals surface area contributed by atoms with E-state index in [-0.39, 0.29) is 5.91 Å². The van der Waals surface area contributed by atoms with Crippen molar-refractivity contribution in [2.75, 3.05) is 19.8 Å². The molecule has 5 nitrogen and oxygen atoms in total. The van der Waals surface area contributed by atoms with Gasteiger partial charge in [0.05, 0.1) is 19.8 Å². The lowest BCUT2D eigenvalue weighted by Gasteiger charge is -2.10. The van der Waals surface area contributed by atoms with Gasteiger partial charge in [0.2, 0.25) is 0 Å². The highest BCUT2D eigenvalue weighted by Crippen LogP contribution is 2.15. The summed E-state index contributed by atoms with van der Waals surface area (Å²) in [6.45, 7) is 5.26. The lowest BCUT2D eigenvalue weighted by molar-refractivity contribution is 0.0453. The SMILES string of the molecule is CCOCCOCc1cccc(CNC(=O)c2cccc(OCc3ccccc3)c2)c1. The summed E-state index contributed by atoms with van der Waals surface area (Å²) in [6, 6.07) is 25.2. The van der Waals surface area contributed by atoms with Crippen LogP contribution in [0, 0.1) is 0 Å². The van der Waals surface area contributed by atoms with Crippen LogP contribution >= 0.6 is 0 Å². The van der Waals surface area contributed by atoms with Gasteiger partial charge in [0.25, 0.3) is 5.91 Å². The molecule has 0 atom stereocenters. The van der Waals surface area contributed by atoms with E-state index < -0.39 is 0 Å². The second kappa shape index (κ2) is 12.5. The lowest BCUT2D eigenvalue weighted by atomic mass is 10.1. The van der Waals surface area contributed by atoms with Gasteiger partial charge in [-0.05, 0) is 41.8 Å². The maximum Gasteiger partial charge on any atom is 0.251 e. The predicted octanol–water partition coefficient (Wildman–Crippen LogP) is 4.75. The molecular weight excluding hydrogens is 390 g/mol. The van der Waals surface area contributed by atoms with E-state index in [1.54, 1.807) is 12.1 Å². The molecule has 1 N–H and O–H groups in total. The standard InChI is InChI=1S/C26H29NO4/c1-2-29-14-15-30-19-23-11-6-10-22(16-23)18-27-26(28)24-12-7-13-25(17-24)31-20-21-8-4-3-5-9-21/h3-13,16-17H,2,14-15,18-20H2,1H3,(H,27,28). The number of carbonyl (C=O) groups excluding carboxylic acids is 1. The smallest absolute Gasteiger partial charge is 0.251 e. The van der Waals surface area contributed by atoms with E-state index in [1.807, 2.05) is 73.7 Å². The van der Waals surface area contributed by atoms with E-state index in [4.69, 9.17) is 14.2 Å².